The molecule has 8 nitrogen and oxygen atoms in total. The Hall–Kier alpha value is -2.25. The van der Waals surface area contributed by atoms with Gasteiger partial charge in [0.1, 0.15) is 6.04 Å². The van der Waals surface area contributed by atoms with Crippen molar-refractivity contribution < 1.29 is 24.3 Å². The van der Waals surface area contributed by atoms with E-state index in [2.05, 4.69) is 10.4 Å². The molecule has 3 amide bonds. The van der Waals surface area contributed by atoms with Crippen LogP contribution in [-0.2, 0) is 14.4 Å². The number of carbonyl (C=O) groups is 4. The first-order valence-electron chi connectivity index (χ1n) is 9.42. The van der Waals surface area contributed by atoms with Crippen molar-refractivity contribution in [1.29, 1.82) is 0 Å². The van der Waals surface area contributed by atoms with Crippen molar-refractivity contribution in [3.05, 3.63) is 0 Å². The van der Waals surface area contributed by atoms with Crippen LogP contribution < -0.4 is 5.32 Å². The Morgan fingerprint density at radius 3 is 2.50 bits per heavy atom. The summed E-state index contributed by atoms with van der Waals surface area (Å²) in [6, 6.07) is -1.30. The Labute approximate surface area is 153 Å². The fourth-order valence-electron chi connectivity index (χ4n) is 3.46. The third-order valence-electron chi connectivity index (χ3n) is 4.97. The van der Waals surface area contributed by atoms with E-state index in [1.54, 1.807) is 0 Å². The molecule has 2 aliphatic rings. The predicted molar refractivity (Wildman–Crippen MR) is 94.6 cm³/mol. The summed E-state index contributed by atoms with van der Waals surface area (Å²) in [5.41, 5.74) is 0. The van der Waals surface area contributed by atoms with Crippen molar-refractivity contribution >= 4 is 29.9 Å². The molecule has 2 rings (SSSR count). The molecule has 2 N–H and O–H groups in total. The van der Waals surface area contributed by atoms with E-state index in [0.717, 1.165) is 50.0 Å². The van der Waals surface area contributed by atoms with Gasteiger partial charge in [0.05, 0.1) is 6.21 Å². The fourth-order valence-corrected chi connectivity index (χ4v) is 3.46. The Bertz CT molecular complexity index is 569. The normalized spacial score (nSPS) is 21.4. The molecule has 0 aromatic heterocycles. The lowest BCUT2D eigenvalue weighted by atomic mass is 9.87. The maximum absolute atomic E-state index is 12.2. The standard InChI is InChI=1S/C18H27N3O5/c22-15(13-8-4-3-5-9-13)12-19-21-14(17(25)20-18(21)26)10-6-1-2-7-11-16(23)24/h12-14H,1-11H2,(H,23,24)(H,20,25,26). The molecule has 1 saturated carbocycles. The quantitative estimate of drug-likeness (QED) is 0.350. The zero-order chi connectivity index (χ0) is 18.9. The lowest BCUT2D eigenvalue weighted by molar-refractivity contribution is -0.137. The second-order valence-electron chi connectivity index (χ2n) is 6.98. The number of aliphatic carboxylic acids is 1. The number of hydrogen-bond acceptors (Lipinski definition) is 5. The Balaban J connectivity index is 1.81. The van der Waals surface area contributed by atoms with Crippen LogP contribution in [0.4, 0.5) is 4.79 Å². The summed E-state index contributed by atoms with van der Waals surface area (Å²) >= 11 is 0. The van der Waals surface area contributed by atoms with Crippen LogP contribution in [0.2, 0.25) is 0 Å². The van der Waals surface area contributed by atoms with Gasteiger partial charge in [-0.3, -0.25) is 19.7 Å². The molecule has 1 aliphatic heterocycles. The first-order chi connectivity index (χ1) is 12.5. The van der Waals surface area contributed by atoms with Gasteiger partial charge in [0.15, 0.2) is 5.78 Å². The van der Waals surface area contributed by atoms with E-state index in [4.69, 9.17) is 5.11 Å². The average molecular weight is 365 g/mol. The van der Waals surface area contributed by atoms with Crippen molar-refractivity contribution in [3.8, 4) is 0 Å². The van der Waals surface area contributed by atoms with Crippen LogP contribution in [0.25, 0.3) is 0 Å². The van der Waals surface area contributed by atoms with Gasteiger partial charge in [-0.2, -0.15) is 5.10 Å². The van der Waals surface area contributed by atoms with Gasteiger partial charge in [-0.25, -0.2) is 9.80 Å². The SMILES string of the molecule is O=C(O)CCCCCCC1C(=O)NC(=O)N1N=CC(=O)C1CCCCC1. The summed E-state index contributed by atoms with van der Waals surface area (Å²) in [6.45, 7) is 0. The van der Waals surface area contributed by atoms with E-state index in [1.165, 1.54) is 6.21 Å². The minimum Gasteiger partial charge on any atom is -0.481 e. The summed E-state index contributed by atoms with van der Waals surface area (Å²) in [6.07, 6.45) is 9.55. The maximum atomic E-state index is 12.2. The van der Waals surface area contributed by atoms with Crippen LogP contribution in [0.5, 0.6) is 0 Å². The first kappa shape index (κ1) is 20.1. The number of nitrogens with zero attached hydrogens (tertiary/aromatic N) is 2. The average Bonchev–Trinajstić information content (AvgIpc) is 2.89. The molecular formula is C18H27N3O5. The van der Waals surface area contributed by atoms with Crippen LogP contribution in [-0.4, -0.2) is 46.1 Å². The van der Waals surface area contributed by atoms with E-state index < -0.39 is 23.9 Å². The number of Topliss-reactive ketones (excluding diaryl/α,β-unsaturated/α-hetero) is 1. The highest BCUT2D eigenvalue weighted by Gasteiger charge is 2.38. The fraction of sp³-hybridized carbons (Fsp3) is 0.722. The molecule has 144 valence electrons. The number of imide groups is 1. The highest BCUT2D eigenvalue weighted by Crippen LogP contribution is 2.24. The molecule has 0 bridgehead atoms. The Morgan fingerprint density at radius 1 is 1.12 bits per heavy atom. The van der Waals surface area contributed by atoms with Crippen molar-refractivity contribution in [2.24, 2.45) is 11.0 Å². The van der Waals surface area contributed by atoms with Gasteiger partial charge in [-0.15, -0.1) is 0 Å². The lowest BCUT2D eigenvalue weighted by Gasteiger charge is -2.19. The number of carboxylic acid groups (broad SMARTS) is 1. The van der Waals surface area contributed by atoms with E-state index >= 15 is 0 Å². The molecule has 0 aromatic rings. The second-order valence-corrected chi connectivity index (χ2v) is 6.98. The predicted octanol–water partition coefficient (Wildman–Crippen LogP) is 2.47. The number of ketones is 1. The summed E-state index contributed by atoms with van der Waals surface area (Å²) < 4.78 is 0. The Kier molecular flexibility index (Phi) is 7.74. The zero-order valence-electron chi connectivity index (χ0n) is 15.0. The van der Waals surface area contributed by atoms with Crippen molar-refractivity contribution in [3.63, 3.8) is 0 Å². The smallest absolute Gasteiger partial charge is 0.345 e. The third-order valence-corrected chi connectivity index (χ3v) is 4.97. The van der Waals surface area contributed by atoms with E-state index in [-0.39, 0.29) is 18.1 Å². The number of rotatable bonds is 10. The second kappa shape index (κ2) is 10.0. The van der Waals surface area contributed by atoms with Crippen LogP contribution in [0.1, 0.15) is 70.6 Å². The molecule has 2 fully saturated rings. The number of urea groups is 1. The van der Waals surface area contributed by atoms with Gasteiger partial charge >= 0.3 is 12.0 Å². The number of nitrogens with one attached hydrogen (secondary N) is 1. The number of hydrogen-bond donors (Lipinski definition) is 2. The molecule has 0 radical (unpaired) electrons. The van der Waals surface area contributed by atoms with Crippen molar-refractivity contribution in [2.75, 3.05) is 0 Å². The summed E-state index contributed by atoms with van der Waals surface area (Å²) in [4.78, 5) is 46.5. The molecule has 26 heavy (non-hydrogen) atoms. The van der Waals surface area contributed by atoms with Crippen LogP contribution in [0, 0.1) is 5.92 Å². The third kappa shape index (κ3) is 5.93. The largest absolute Gasteiger partial charge is 0.481 e. The molecule has 1 saturated heterocycles. The van der Waals surface area contributed by atoms with Gasteiger partial charge in [0, 0.05) is 12.3 Å². The van der Waals surface area contributed by atoms with Crippen LogP contribution in [0.15, 0.2) is 5.10 Å². The Morgan fingerprint density at radius 2 is 1.81 bits per heavy atom. The first-order valence-corrected chi connectivity index (χ1v) is 9.42. The number of hydrazone groups is 1. The number of amides is 3. The van der Waals surface area contributed by atoms with Gasteiger partial charge in [-0.1, -0.05) is 38.5 Å². The van der Waals surface area contributed by atoms with E-state index in [1.807, 2.05) is 0 Å². The minimum atomic E-state index is -0.811. The molecule has 8 heteroatoms. The summed E-state index contributed by atoms with van der Waals surface area (Å²) in [5, 5.41) is 15.9. The van der Waals surface area contributed by atoms with Gasteiger partial charge in [-0.05, 0) is 25.7 Å². The summed E-state index contributed by atoms with van der Waals surface area (Å²) in [7, 11) is 0. The topological polar surface area (TPSA) is 116 Å². The molecule has 0 spiro atoms. The molecule has 0 aromatic carbocycles. The van der Waals surface area contributed by atoms with Crippen molar-refractivity contribution in [2.45, 2.75) is 76.7 Å². The highest BCUT2D eigenvalue weighted by molar-refractivity contribution is 6.28. The lowest BCUT2D eigenvalue weighted by Crippen LogP contribution is -2.31. The maximum Gasteiger partial charge on any atom is 0.345 e. The minimum absolute atomic E-state index is 0.0263. The monoisotopic (exact) mass is 365 g/mol. The van der Waals surface area contributed by atoms with E-state index in [9.17, 15) is 19.2 Å². The molecule has 1 unspecified atom stereocenters. The molecular weight excluding hydrogens is 338 g/mol. The van der Waals surface area contributed by atoms with Crippen molar-refractivity contribution in [1.82, 2.24) is 10.3 Å². The van der Waals surface area contributed by atoms with Crippen LogP contribution in [0.3, 0.4) is 0 Å². The zero-order valence-corrected chi connectivity index (χ0v) is 15.0. The van der Waals surface area contributed by atoms with Gasteiger partial charge < -0.3 is 5.11 Å². The van der Waals surface area contributed by atoms with Gasteiger partial charge in [0.2, 0.25) is 0 Å². The number of carboxylic acids is 1. The summed E-state index contributed by atoms with van der Waals surface area (Å²) in [5.74, 6) is -1.32. The molecule has 1 atom stereocenters. The number of unbranched alkanes of at least 4 members (excludes halogenated alkanes) is 3. The van der Waals surface area contributed by atoms with E-state index in [0.29, 0.717) is 19.3 Å². The highest BCUT2D eigenvalue weighted by atomic mass is 16.4. The van der Waals surface area contributed by atoms with Gasteiger partial charge in [0.25, 0.3) is 5.91 Å². The molecule has 1 heterocycles. The number of carbonyl (C=O) groups excluding carboxylic acids is 3. The molecule has 1 aliphatic carbocycles. The van der Waals surface area contributed by atoms with Crippen LogP contribution >= 0.6 is 0 Å².